The zero-order chi connectivity index (χ0) is 15.4. The number of piperidine rings is 1. The van der Waals surface area contributed by atoms with Crippen LogP contribution in [0.5, 0.6) is 0 Å². The van der Waals surface area contributed by atoms with E-state index in [-0.39, 0.29) is 11.1 Å². The van der Waals surface area contributed by atoms with Crippen molar-refractivity contribution in [3.05, 3.63) is 34.6 Å². The van der Waals surface area contributed by atoms with Crippen LogP contribution < -0.4 is 0 Å². The Balaban J connectivity index is 1.89. The molecule has 0 atom stereocenters. The molecule has 4 nitrogen and oxygen atoms in total. The quantitative estimate of drug-likeness (QED) is 0.926. The topological polar surface area (TPSA) is 43.8 Å². The molecule has 1 saturated heterocycles. The molecule has 0 aromatic heterocycles. The van der Waals surface area contributed by atoms with Gasteiger partial charge in [0.05, 0.1) is 5.02 Å². The van der Waals surface area contributed by atoms with Gasteiger partial charge in [-0.15, -0.1) is 0 Å². The summed E-state index contributed by atoms with van der Waals surface area (Å²) in [6.45, 7) is 4.77. The first kappa shape index (κ1) is 16.0. The zero-order valence-electron chi connectivity index (χ0n) is 12.1. The Morgan fingerprint density at radius 2 is 2.14 bits per heavy atom. The zero-order valence-corrected chi connectivity index (χ0v) is 12.8. The number of carbonyl (C=O) groups is 1. The summed E-state index contributed by atoms with van der Waals surface area (Å²) in [5, 5.41) is 9.29. The van der Waals surface area contributed by atoms with E-state index < -0.39 is 11.9 Å². The summed E-state index contributed by atoms with van der Waals surface area (Å²) < 4.78 is 13.1. The second-order valence-electron chi connectivity index (χ2n) is 5.32. The lowest BCUT2D eigenvalue weighted by Gasteiger charge is -2.36. The van der Waals surface area contributed by atoms with Gasteiger partial charge < -0.3 is 10.0 Å². The summed E-state index contributed by atoms with van der Waals surface area (Å²) >= 11 is 5.78. The third-order valence-electron chi connectivity index (χ3n) is 3.97. The molecule has 0 radical (unpaired) electrons. The number of amides is 1. The molecule has 0 unspecified atom stereocenters. The second-order valence-corrected chi connectivity index (χ2v) is 5.73. The van der Waals surface area contributed by atoms with Gasteiger partial charge in [0.1, 0.15) is 5.82 Å². The van der Waals surface area contributed by atoms with Gasteiger partial charge in [-0.1, -0.05) is 17.7 Å². The van der Waals surface area contributed by atoms with E-state index in [4.69, 9.17) is 16.7 Å². The Morgan fingerprint density at radius 1 is 1.48 bits per heavy atom. The average molecular weight is 315 g/mol. The highest BCUT2D eigenvalue weighted by Gasteiger charge is 2.26. The van der Waals surface area contributed by atoms with Crippen molar-refractivity contribution in [2.45, 2.75) is 32.4 Å². The van der Waals surface area contributed by atoms with Crippen LogP contribution >= 0.6 is 11.6 Å². The summed E-state index contributed by atoms with van der Waals surface area (Å²) in [7, 11) is 0. The maximum atomic E-state index is 13.1. The number of nitrogens with zero attached hydrogens (tertiary/aromatic N) is 2. The summed E-state index contributed by atoms with van der Waals surface area (Å²) in [6.07, 6.45) is 0.811. The molecule has 0 bridgehead atoms. The molecule has 1 aliphatic heterocycles. The molecule has 1 amide bonds. The Labute approximate surface area is 129 Å². The molecule has 0 saturated carbocycles. The first-order valence-electron chi connectivity index (χ1n) is 7.17. The average Bonchev–Trinajstić information content (AvgIpc) is 2.45. The largest absolute Gasteiger partial charge is 0.465 e. The standard InChI is InChI=1S/C15H20ClFN2O2/c1-2-19(15(20)21)12-5-7-18(8-6-12)10-11-3-4-14(17)13(16)9-11/h3-4,9,12H,2,5-8,10H2,1H3,(H,20,21). The third kappa shape index (κ3) is 4.08. The van der Waals surface area contributed by atoms with Crippen LogP contribution in [0, 0.1) is 5.82 Å². The van der Waals surface area contributed by atoms with Crippen molar-refractivity contribution < 1.29 is 14.3 Å². The van der Waals surface area contributed by atoms with Gasteiger partial charge in [0, 0.05) is 32.2 Å². The maximum Gasteiger partial charge on any atom is 0.407 e. The molecule has 1 fully saturated rings. The first-order chi connectivity index (χ1) is 10.0. The highest BCUT2D eigenvalue weighted by atomic mass is 35.5. The van der Waals surface area contributed by atoms with Gasteiger partial charge in [-0.25, -0.2) is 9.18 Å². The summed E-state index contributed by atoms with van der Waals surface area (Å²) in [4.78, 5) is 14.9. The smallest absolute Gasteiger partial charge is 0.407 e. The summed E-state index contributed by atoms with van der Waals surface area (Å²) in [5.41, 5.74) is 0.977. The monoisotopic (exact) mass is 314 g/mol. The summed E-state index contributed by atoms with van der Waals surface area (Å²) in [5.74, 6) is -0.404. The lowest BCUT2D eigenvalue weighted by Crippen LogP contribution is -2.46. The van der Waals surface area contributed by atoms with Crippen LogP contribution in [-0.4, -0.2) is 46.7 Å². The van der Waals surface area contributed by atoms with E-state index in [0.717, 1.165) is 31.5 Å². The number of hydrogen-bond donors (Lipinski definition) is 1. The van der Waals surface area contributed by atoms with Crippen molar-refractivity contribution in [1.82, 2.24) is 9.80 Å². The van der Waals surface area contributed by atoms with E-state index in [9.17, 15) is 9.18 Å². The van der Waals surface area contributed by atoms with E-state index in [1.165, 1.54) is 11.0 Å². The molecular formula is C15H20ClFN2O2. The molecule has 0 spiro atoms. The highest BCUT2D eigenvalue weighted by molar-refractivity contribution is 6.30. The molecule has 116 valence electrons. The fraction of sp³-hybridized carbons (Fsp3) is 0.533. The fourth-order valence-electron chi connectivity index (χ4n) is 2.83. The normalized spacial score (nSPS) is 16.9. The first-order valence-corrected chi connectivity index (χ1v) is 7.55. The fourth-order valence-corrected chi connectivity index (χ4v) is 3.04. The predicted octanol–water partition coefficient (Wildman–Crippen LogP) is 3.44. The molecule has 1 aromatic carbocycles. The Kier molecular flexibility index (Phi) is 5.42. The van der Waals surface area contributed by atoms with Crippen molar-refractivity contribution in [2.24, 2.45) is 0 Å². The van der Waals surface area contributed by atoms with Gasteiger partial charge in [0.25, 0.3) is 0 Å². The molecule has 21 heavy (non-hydrogen) atoms. The molecule has 2 rings (SSSR count). The van der Waals surface area contributed by atoms with Crippen LogP contribution in [0.25, 0.3) is 0 Å². The van der Waals surface area contributed by atoms with Gasteiger partial charge in [0.15, 0.2) is 0 Å². The highest BCUT2D eigenvalue weighted by Crippen LogP contribution is 2.21. The van der Waals surface area contributed by atoms with E-state index in [1.807, 2.05) is 6.92 Å². The van der Waals surface area contributed by atoms with Crippen LogP contribution in [0.1, 0.15) is 25.3 Å². The third-order valence-corrected chi connectivity index (χ3v) is 4.26. The molecule has 0 aliphatic carbocycles. The van der Waals surface area contributed by atoms with E-state index in [2.05, 4.69) is 4.90 Å². The van der Waals surface area contributed by atoms with Crippen LogP contribution in [0.15, 0.2) is 18.2 Å². The number of rotatable bonds is 4. The van der Waals surface area contributed by atoms with Crippen LogP contribution in [0.3, 0.4) is 0 Å². The maximum absolute atomic E-state index is 13.1. The lowest BCUT2D eigenvalue weighted by atomic mass is 10.0. The molecule has 1 aromatic rings. The molecule has 6 heteroatoms. The van der Waals surface area contributed by atoms with Gasteiger partial charge in [-0.05, 0) is 37.5 Å². The molecule has 1 aliphatic rings. The number of hydrogen-bond acceptors (Lipinski definition) is 2. The van der Waals surface area contributed by atoms with E-state index in [1.54, 1.807) is 12.1 Å². The SMILES string of the molecule is CCN(C(=O)O)C1CCN(Cc2ccc(F)c(Cl)c2)CC1. The number of halogens is 2. The number of carboxylic acid groups (broad SMARTS) is 1. The minimum absolute atomic E-state index is 0.0977. The van der Waals surface area contributed by atoms with Crippen LogP contribution in [0.2, 0.25) is 5.02 Å². The van der Waals surface area contributed by atoms with Crippen LogP contribution in [0.4, 0.5) is 9.18 Å². The minimum Gasteiger partial charge on any atom is -0.465 e. The van der Waals surface area contributed by atoms with Gasteiger partial charge >= 0.3 is 6.09 Å². The minimum atomic E-state index is -0.846. The molecular weight excluding hydrogens is 295 g/mol. The Morgan fingerprint density at radius 3 is 2.67 bits per heavy atom. The van der Waals surface area contributed by atoms with Crippen molar-refractivity contribution in [3.8, 4) is 0 Å². The van der Waals surface area contributed by atoms with Crippen molar-refractivity contribution >= 4 is 17.7 Å². The molecule has 1 heterocycles. The van der Waals surface area contributed by atoms with Crippen molar-refractivity contribution in [3.63, 3.8) is 0 Å². The van der Waals surface area contributed by atoms with E-state index >= 15 is 0 Å². The van der Waals surface area contributed by atoms with Crippen molar-refractivity contribution in [1.29, 1.82) is 0 Å². The number of likely N-dealkylation sites (tertiary alicyclic amines) is 1. The summed E-state index contributed by atoms with van der Waals surface area (Å²) in [6, 6.07) is 4.87. The Bertz CT molecular complexity index is 504. The second kappa shape index (κ2) is 7.09. The predicted molar refractivity (Wildman–Crippen MR) is 80.1 cm³/mol. The van der Waals surface area contributed by atoms with Gasteiger partial charge in [-0.2, -0.15) is 0 Å². The van der Waals surface area contributed by atoms with E-state index in [0.29, 0.717) is 13.1 Å². The van der Waals surface area contributed by atoms with Crippen molar-refractivity contribution in [2.75, 3.05) is 19.6 Å². The van der Waals surface area contributed by atoms with Crippen LogP contribution in [-0.2, 0) is 6.54 Å². The lowest BCUT2D eigenvalue weighted by molar-refractivity contribution is 0.0917. The van der Waals surface area contributed by atoms with Gasteiger partial charge in [-0.3, -0.25) is 4.90 Å². The number of benzene rings is 1. The van der Waals surface area contributed by atoms with Gasteiger partial charge in [0.2, 0.25) is 0 Å². The molecule has 1 N–H and O–H groups in total. The Hall–Kier alpha value is -1.33.